The molecule has 1 N–H and O–H groups in total. The molecule has 0 bridgehead atoms. The lowest BCUT2D eigenvalue weighted by molar-refractivity contribution is -0.123. The number of halogens is 1. The predicted molar refractivity (Wildman–Crippen MR) is 105 cm³/mol. The fourth-order valence-electron chi connectivity index (χ4n) is 2.61. The third-order valence-electron chi connectivity index (χ3n) is 3.87. The van der Waals surface area contributed by atoms with E-state index in [9.17, 15) is 14.7 Å². The zero-order valence-electron chi connectivity index (χ0n) is 14.2. The van der Waals surface area contributed by atoms with Crippen LogP contribution in [0.15, 0.2) is 45.8 Å². The molecule has 5 nitrogen and oxygen atoms in total. The van der Waals surface area contributed by atoms with Crippen LogP contribution in [0.5, 0.6) is 11.5 Å². The molecule has 1 heterocycles. The van der Waals surface area contributed by atoms with Gasteiger partial charge in [-0.15, -0.1) is 0 Å². The van der Waals surface area contributed by atoms with Crippen molar-refractivity contribution in [2.75, 3.05) is 7.11 Å². The molecule has 1 saturated heterocycles. The van der Waals surface area contributed by atoms with Gasteiger partial charge in [0.15, 0.2) is 11.5 Å². The minimum absolute atomic E-state index is 0.0165. The number of phenols is 1. The standard InChI is InChI=1S/C19H16BrNO4S/c1-11-4-3-5-12(6-11)10-21-18(23)16(26-19(21)24)9-13-7-14(20)17(22)15(8-13)25-2/h3-9,22H,10H2,1-2H3/b16-9+. The Bertz CT molecular complexity index is 926. The van der Waals surface area contributed by atoms with Crippen LogP contribution >= 0.6 is 27.7 Å². The molecule has 2 aromatic rings. The Hall–Kier alpha value is -2.25. The van der Waals surface area contributed by atoms with E-state index in [1.54, 1.807) is 18.2 Å². The lowest BCUT2D eigenvalue weighted by atomic mass is 10.1. The molecule has 1 aliphatic heterocycles. The number of thioether (sulfide) groups is 1. The van der Waals surface area contributed by atoms with Crippen LogP contribution in [0.4, 0.5) is 4.79 Å². The molecular weight excluding hydrogens is 418 g/mol. The molecule has 0 unspecified atom stereocenters. The SMILES string of the molecule is COc1cc(/C=C2/SC(=O)N(Cc3cccc(C)c3)C2=O)cc(Br)c1O. The van der Waals surface area contributed by atoms with Crippen molar-refractivity contribution in [3.8, 4) is 11.5 Å². The highest BCUT2D eigenvalue weighted by Crippen LogP contribution is 2.38. The zero-order valence-corrected chi connectivity index (χ0v) is 16.6. The van der Waals surface area contributed by atoms with E-state index in [1.165, 1.54) is 12.0 Å². The second-order valence-electron chi connectivity index (χ2n) is 5.81. The number of methoxy groups -OCH3 is 1. The second kappa shape index (κ2) is 7.55. The van der Waals surface area contributed by atoms with Crippen LogP contribution < -0.4 is 4.74 Å². The molecule has 26 heavy (non-hydrogen) atoms. The number of hydrogen-bond acceptors (Lipinski definition) is 5. The number of benzene rings is 2. The number of imide groups is 1. The summed E-state index contributed by atoms with van der Waals surface area (Å²) >= 11 is 4.15. The van der Waals surface area contributed by atoms with Crippen LogP contribution in [-0.2, 0) is 11.3 Å². The summed E-state index contributed by atoms with van der Waals surface area (Å²) in [5.74, 6) is -0.0634. The number of amides is 2. The van der Waals surface area contributed by atoms with E-state index in [1.807, 2.05) is 31.2 Å². The minimum atomic E-state index is -0.329. The van der Waals surface area contributed by atoms with Gasteiger partial charge in [0.05, 0.1) is 23.0 Å². The fourth-order valence-corrected chi connectivity index (χ4v) is 3.91. The first-order valence-corrected chi connectivity index (χ1v) is 9.37. The minimum Gasteiger partial charge on any atom is -0.503 e. The second-order valence-corrected chi connectivity index (χ2v) is 7.66. The summed E-state index contributed by atoms with van der Waals surface area (Å²) in [4.78, 5) is 26.5. The first-order chi connectivity index (χ1) is 12.4. The number of phenolic OH excluding ortho intramolecular Hbond substituents is 1. The van der Waals surface area contributed by atoms with Crippen molar-refractivity contribution in [2.45, 2.75) is 13.5 Å². The number of nitrogens with zero attached hydrogens (tertiary/aromatic N) is 1. The first-order valence-electron chi connectivity index (χ1n) is 7.76. The van der Waals surface area contributed by atoms with Crippen LogP contribution in [0.25, 0.3) is 6.08 Å². The van der Waals surface area contributed by atoms with Crippen LogP contribution in [0.2, 0.25) is 0 Å². The number of ether oxygens (including phenoxy) is 1. The Morgan fingerprint density at radius 3 is 2.73 bits per heavy atom. The number of rotatable bonds is 4. The number of carbonyl (C=O) groups is 2. The van der Waals surface area contributed by atoms with Gasteiger partial charge in [-0.25, -0.2) is 0 Å². The highest BCUT2D eigenvalue weighted by atomic mass is 79.9. The summed E-state index contributed by atoms with van der Waals surface area (Å²) < 4.78 is 5.56. The maximum Gasteiger partial charge on any atom is 0.293 e. The quantitative estimate of drug-likeness (QED) is 0.707. The number of hydrogen-bond donors (Lipinski definition) is 1. The Balaban J connectivity index is 1.87. The van der Waals surface area contributed by atoms with Gasteiger partial charge in [-0.2, -0.15) is 0 Å². The van der Waals surface area contributed by atoms with Crippen LogP contribution in [-0.4, -0.2) is 28.3 Å². The highest BCUT2D eigenvalue weighted by Gasteiger charge is 2.35. The molecule has 1 aliphatic rings. The number of carbonyl (C=O) groups excluding carboxylic acids is 2. The summed E-state index contributed by atoms with van der Waals surface area (Å²) in [5, 5.41) is 9.58. The van der Waals surface area contributed by atoms with E-state index in [-0.39, 0.29) is 29.2 Å². The molecule has 2 amide bonds. The van der Waals surface area contributed by atoms with E-state index < -0.39 is 0 Å². The lowest BCUT2D eigenvalue weighted by Gasteiger charge is -2.12. The van der Waals surface area contributed by atoms with Gasteiger partial charge in [0, 0.05) is 0 Å². The number of aryl methyl sites for hydroxylation is 1. The van der Waals surface area contributed by atoms with Gasteiger partial charge in [-0.05, 0) is 64.0 Å². The van der Waals surface area contributed by atoms with Crippen LogP contribution in [0.3, 0.4) is 0 Å². The summed E-state index contributed by atoms with van der Waals surface area (Å²) in [6, 6.07) is 11.0. The summed E-state index contributed by atoms with van der Waals surface area (Å²) in [7, 11) is 1.45. The van der Waals surface area contributed by atoms with Gasteiger partial charge in [-0.3, -0.25) is 14.5 Å². The number of aromatic hydroxyl groups is 1. The molecule has 1 fully saturated rings. The summed E-state index contributed by atoms with van der Waals surface area (Å²) in [5.41, 5.74) is 2.63. The smallest absolute Gasteiger partial charge is 0.293 e. The van der Waals surface area contributed by atoms with E-state index >= 15 is 0 Å². The Morgan fingerprint density at radius 1 is 1.27 bits per heavy atom. The summed E-state index contributed by atoms with van der Waals surface area (Å²) in [6.45, 7) is 2.21. The molecule has 0 atom stereocenters. The molecule has 0 aliphatic carbocycles. The Morgan fingerprint density at radius 2 is 2.04 bits per heavy atom. The lowest BCUT2D eigenvalue weighted by Crippen LogP contribution is -2.27. The molecule has 0 radical (unpaired) electrons. The van der Waals surface area contributed by atoms with Gasteiger partial charge in [0.2, 0.25) is 0 Å². The van der Waals surface area contributed by atoms with Crippen LogP contribution in [0.1, 0.15) is 16.7 Å². The van der Waals surface area contributed by atoms with Crippen molar-refractivity contribution in [3.05, 3.63) is 62.5 Å². The third-order valence-corrected chi connectivity index (χ3v) is 5.38. The van der Waals surface area contributed by atoms with Gasteiger partial charge in [0.1, 0.15) is 0 Å². The average Bonchev–Trinajstić information content (AvgIpc) is 2.85. The van der Waals surface area contributed by atoms with E-state index in [0.29, 0.717) is 14.9 Å². The largest absolute Gasteiger partial charge is 0.503 e. The van der Waals surface area contributed by atoms with E-state index in [4.69, 9.17) is 4.74 Å². The fraction of sp³-hybridized carbons (Fsp3) is 0.158. The zero-order chi connectivity index (χ0) is 18.8. The van der Waals surface area contributed by atoms with Crippen molar-refractivity contribution in [1.82, 2.24) is 4.90 Å². The van der Waals surface area contributed by atoms with E-state index in [0.717, 1.165) is 22.9 Å². The van der Waals surface area contributed by atoms with Crippen LogP contribution in [0, 0.1) is 6.92 Å². The van der Waals surface area contributed by atoms with Gasteiger partial charge in [-0.1, -0.05) is 29.8 Å². The van der Waals surface area contributed by atoms with Crippen molar-refractivity contribution in [3.63, 3.8) is 0 Å². The molecule has 0 spiro atoms. The topological polar surface area (TPSA) is 66.8 Å². The van der Waals surface area contributed by atoms with Gasteiger partial charge in [0.25, 0.3) is 11.1 Å². The summed E-state index contributed by atoms with van der Waals surface area (Å²) in [6.07, 6.45) is 1.62. The molecule has 134 valence electrons. The molecule has 2 aromatic carbocycles. The molecule has 0 aromatic heterocycles. The maximum atomic E-state index is 12.6. The molecule has 3 rings (SSSR count). The molecular formula is C19H16BrNO4S. The normalized spacial score (nSPS) is 15.8. The Labute approximate surface area is 163 Å². The van der Waals surface area contributed by atoms with Crippen molar-refractivity contribution in [2.24, 2.45) is 0 Å². The molecule has 0 saturated carbocycles. The Kier molecular flexibility index (Phi) is 5.38. The first kappa shape index (κ1) is 18.5. The van der Waals surface area contributed by atoms with Crippen molar-refractivity contribution >= 4 is 44.9 Å². The predicted octanol–water partition coefficient (Wildman–Crippen LogP) is 4.71. The van der Waals surface area contributed by atoms with Crippen molar-refractivity contribution in [1.29, 1.82) is 0 Å². The monoisotopic (exact) mass is 433 g/mol. The highest BCUT2D eigenvalue weighted by molar-refractivity contribution is 9.10. The molecule has 7 heteroatoms. The van der Waals surface area contributed by atoms with Gasteiger partial charge < -0.3 is 9.84 Å². The average molecular weight is 434 g/mol. The van der Waals surface area contributed by atoms with Gasteiger partial charge >= 0.3 is 0 Å². The van der Waals surface area contributed by atoms with E-state index in [2.05, 4.69) is 15.9 Å². The van der Waals surface area contributed by atoms with Crippen molar-refractivity contribution < 1.29 is 19.4 Å². The maximum absolute atomic E-state index is 12.6. The third kappa shape index (κ3) is 3.78.